The third kappa shape index (κ3) is 6.94. The molecule has 3 rings (SSSR count). The summed E-state index contributed by atoms with van der Waals surface area (Å²) in [5.74, 6) is -0.329. The third-order valence-corrected chi connectivity index (χ3v) is 5.28. The van der Waals surface area contributed by atoms with Crippen LogP contribution >= 0.6 is 0 Å². The normalized spacial score (nSPS) is 20.5. The summed E-state index contributed by atoms with van der Waals surface area (Å²) in [5, 5.41) is 21.3. The van der Waals surface area contributed by atoms with Crippen molar-refractivity contribution in [2.24, 2.45) is 0 Å². The van der Waals surface area contributed by atoms with Crippen LogP contribution in [0, 0.1) is 0 Å². The summed E-state index contributed by atoms with van der Waals surface area (Å²) >= 11 is 0. The molecule has 2 aromatic rings. The van der Waals surface area contributed by atoms with Crippen molar-refractivity contribution in [3.05, 3.63) is 48.0 Å². The Labute approximate surface area is 183 Å². The highest BCUT2D eigenvalue weighted by molar-refractivity contribution is 5.87. The van der Waals surface area contributed by atoms with Crippen LogP contribution in [0.15, 0.2) is 42.5 Å². The molecule has 168 valence electrons. The molecule has 1 saturated heterocycles. The Bertz CT molecular complexity index is 909. The molecule has 0 aromatic heterocycles. The number of amides is 2. The van der Waals surface area contributed by atoms with Gasteiger partial charge in [-0.1, -0.05) is 42.5 Å². The number of carbonyl (C=O) groups is 2. The van der Waals surface area contributed by atoms with E-state index in [1.807, 2.05) is 42.5 Å². The van der Waals surface area contributed by atoms with Crippen molar-refractivity contribution in [1.82, 2.24) is 16.0 Å². The Balaban J connectivity index is 1.77. The van der Waals surface area contributed by atoms with Gasteiger partial charge in [-0.2, -0.15) is 0 Å². The fourth-order valence-electron chi connectivity index (χ4n) is 3.74. The predicted octanol–water partition coefficient (Wildman–Crippen LogP) is 2.50. The molecule has 0 aliphatic carbocycles. The van der Waals surface area contributed by atoms with Crippen LogP contribution in [0.5, 0.6) is 0 Å². The number of ether oxygens (including phenoxy) is 1. The second kappa shape index (κ2) is 10.1. The Morgan fingerprint density at radius 2 is 1.94 bits per heavy atom. The fraction of sp³-hybridized carbons (Fsp3) is 0.500. The zero-order valence-corrected chi connectivity index (χ0v) is 18.5. The first kappa shape index (κ1) is 23.0. The molecule has 0 spiro atoms. The van der Waals surface area contributed by atoms with Gasteiger partial charge >= 0.3 is 6.09 Å². The lowest BCUT2D eigenvalue weighted by Crippen LogP contribution is -2.54. The van der Waals surface area contributed by atoms with Gasteiger partial charge in [0, 0.05) is 13.0 Å². The van der Waals surface area contributed by atoms with Gasteiger partial charge in [0.1, 0.15) is 11.6 Å². The van der Waals surface area contributed by atoms with Gasteiger partial charge < -0.3 is 25.8 Å². The molecule has 0 radical (unpaired) electrons. The molecule has 1 aliphatic heterocycles. The Morgan fingerprint density at radius 3 is 2.68 bits per heavy atom. The number of rotatable bonds is 5. The Morgan fingerprint density at radius 1 is 1.19 bits per heavy atom. The number of alkyl carbamates (subject to hydrolysis) is 1. The van der Waals surface area contributed by atoms with Gasteiger partial charge in [-0.3, -0.25) is 4.79 Å². The maximum atomic E-state index is 13.1. The molecular formula is C24H33N3O4. The number of carbonyl (C=O) groups excluding carboxylic acids is 2. The first-order valence-electron chi connectivity index (χ1n) is 10.9. The van der Waals surface area contributed by atoms with Gasteiger partial charge in [0.25, 0.3) is 0 Å². The highest BCUT2D eigenvalue weighted by Gasteiger charge is 2.29. The van der Waals surface area contributed by atoms with Gasteiger partial charge in [-0.25, -0.2) is 4.79 Å². The molecule has 7 heteroatoms. The molecule has 4 N–H and O–H groups in total. The number of fused-ring (bicyclic) bond motifs is 1. The second-order valence-electron chi connectivity index (χ2n) is 9.11. The van der Waals surface area contributed by atoms with Crippen LogP contribution in [0.25, 0.3) is 10.8 Å². The minimum atomic E-state index is -0.820. The van der Waals surface area contributed by atoms with Crippen LogP contribution < -0.4 is 16.0 Å². The zero-order valence-electron chi connectivity index (χ0n) is 18.5. The minimum Gasteiger partial charge on any atom is -0.444 e. The molecule has 1 aliphatic rings. The molecule has 2 amide bonds. The summed E-state index contributed by atoms with van der Waals surface area (Å²) in [6.07, 6.45) is 0.536. The zero-order chi connectivity index (χ0) is 22.4. The number of benzene rings is 2. The van der Waals surface area contributed by atoms with Crippen LogP contribution in [0.3, 0.4) is 0 Å². The first-order valence-corrected chi connectivity index (χ1v) is 10.9. The minimum absolute atomic E-state index is 0.316. The predicted molar refractivity (Wildman–Crippen MR) is 121 cm³/mol. The quantitative estimate of drug-likeness (QED) is 0.588. The monoisotopic (exact) mass is 427 g/mol. The Hall–Kier alpha value is -2.64. The van der Waals surface area contributed by atoms with Crippen molar-refractivity contribution in [1.29, 1.82) is 0 Å². The highest BCUT2D eigenvalue weighted by atomic mass is 16.6. The number of aliphatic hydroxyl groups is 1. The van der Waals surface area contributed by atoms with Crippen molar-refractivity contribution in [3.8, 4) is 0 Å². The molecule has 0 bridgehead atoms. The molecule has 0 saturated carbocycles. The van der Waals surface area contributed by atoms with E-state index in [0.29, 0.717) is 19.4 Å². The molecule has 7 nitrogen and oxygen atoms in total. The molecule has 2 unspecified atom stereocenters. The number of β-amino-alcohol motifs (C(OH)–C–C–N with tert-alkyl or cyclic N) is 1. The lowest BCUT2D eigenvalue weighted by atomic mass is 10.00. The summed E-state index contributed by atoms with van der Waals surface area (Å²) in [6.45, 7) is 6.57. The van der Waals surface area contributed by atoms with Gasteiger partial charge in [0.05, 0.1) is 12.1 Å². The van der Waals surface area contributed by atoms with Crippen LogP contribution in [-0.4, -0.2) is 54.0 Å². The van der Waals surface area contributed by atoms with E-state index < -0.39 is 23.8 Å². The summed E-state index contributed by atoms with van der Waals surface area (Å²) in [4.78, 5) is 25.5. The number of hydrogen-bond acceptors (Lipinski definition) is 5. The van der Waals surface area contributed by atoms with Crippen LogP contribution in [0.4, 0.5) is 4.79 Å². The summed E-state index contributed by atoms with van der Waals surface area (Å²) < 4.78 is 5.37. The smallest absolute Gasteiger partial charge is 0.408 e. The van der Waals surface area contributed by atoms with E-state index in [1.165, 1.54) is 0 Å². The van der Waals surface area contributed by atoms with Crippen molar-refractivity contribution < 1.29 is 19.4 Å². The molecule has 1 fully saturated rings. The third-order valence-electron chi connectivity index (χ3n) is 5.28. The fourth-order valence-corrected chi connectivity index (χ4v) is 3.74. The van der Waals surface area contributed by atoms with Crippen molar-refractivity contribution in [3.63, 3.8) is 0 Å². The second-order valence-corrected chi connectivity index (χ2v) is 9.11. The number of aliphatic hydroxyl groups excluding tert-OH is 1. The Kier molecular flexibility index (Phi) is 7.51. The van der Waals surface area contributed by atoms with Gasteiger partial charge in [0.2, 0.25) is 5.91 Å². The van der Waals surface area contributed by atoms with Crippen LogP contribution in [0.2, 0.25) is 0 Å². The molecular weight excluding hydrogens is 394 g/mol. The van der Waals surface area contributed by atoms with Gasteiger partial charge in [0.15, 0.2) is 0 Å². The lowest BCUT2D eigenvalue weighted by molar-refractivity contribution is -0.124. The highest BCUT2D eigenvalue weighted by Crippen LogP contribution is 2.17. The first-order chi connectivity index (χ1) is 14.7. The summed E-state index contributed by atoms with van der Waals surface area (Å²) in [5.41, 5.74) is 0.259. The van der Waals surface area contributed by atoms with Crippen LogP contribution in [0.1, 0.15) is 39.2 Å². The SMILES string of the molecule is CC(C)(C)OC(=O)N[C@@H](Cc1ccc2ccccc2c1)C(=O)NC1CCCNCC1O. The summed E-state index contributed by atoms with van der Waals surface area (Å²) in [7, 11) is 0. The van der Waals surface area contributed by atoms with E-state index >= 15 is 0 Å². The standard InChI is InChI=1S/C24H33N3O4/c1-24(2,3)31-23(30)27-20(22(29)26-19-9-6-12-25-15-21(19)28)14-16-10-11-17-7-4-5-8-18(17)13-16/h4-5,7-8,10-11,13,19-21,25,28H,6,9,12,14-15H2,1-3H3,(H,26,29)(H,27,30)/t19?,20-,21?/m0/s1. The number of nitrogens with one attached hydrogen (secondary N) is 3. The number of hydrogen-bond donors (Lipinski definition) is 4. The maximum Gasteiger partial charge on any atom is 0.408 e. The van der Waals surface area contributed by atoms with E-state index in [2.05, 4.69) is 16.0 Å². The largest absolute Gasteiger partial charge is 0.444 e. The van der Waals surface area contributed by atoms with E-state index in [1.54, 1.807) is 20.8 Å². The maximum absolute atomic E-state index is 13.1. The molecule has 1 heterocycles. The molecule has 31 heavy (non-hydrogen) atoms. The summed E-state index contributed by atoms with van der Waals surface area (Å²) in [6, 6.07) is 12.8. The van der Waals surface area contributed by atoms with E-state index in [9.17, 15) is 14.7 Å². The average molecular weight is 428 g/mol. The van der Waals surface area contributed by atoms with Gasteiger partial charge in [-0.15, -0.1) is 0 Å². The van der Waals surface area contributed by atoms with Crippen LogP contribution in [-0.2, 0) is 16.0 Å². The molecule has 2 aromatic carbocycles. The molecule has 3 atom stereocenters. The van der Waals surface area contributed by atoms with E-state index in [0.717, 1.165) is 29.3 Å². The van der Waals surface area contributed by atoms with Crippen molar-refractivity contribution >= 4 is 22.8 Å². The average Bonchev–Trinajstić information content (AvgIpc) is 2.90. The van der Waals surface area contributed by atoms with E-state index in [4.69, 9.17) is 4.74 Å². The van der Waals surface area contributed by atoms with Gasteiger partial charge in [-0.05, 0) is 56.5 Å². The van der Waals surface area contributed by atoms with Crippen molar-refractivity contribution in [2.45, 2.75) is 63.8 Å². The van der Waals surface area contributed by atoms with E-state index in [-0.39, 0.29) is 11.9 Å². The lowest BCUT2D eigenvalue weighted by Gasteiger charge is -2.27. The van der Waals surface area contributed by atoms with Crippen molar-refractivity contribution in [2.75, 3.05) is 13.1 Å². The topological polar surface area (TPSA) is 99.7 Å².